The van der Waals surface area contributed by atoms with Crippen molar-refractivity contribution < 1.29 is 0 Å². The summed E-state index contributed by atoms with van der Waals surface area (Å²) < 4.78 is 0. The van der Waals surface area contributed by atoms with Gasteiger partial charge < -0.3 is 15.2 Å². The molecule has 1 unspecified atom stereocenters. The molecule has 1 fully saturated rings. The molecule has 4 nitrogen and oxygen atoms in total. The Balaban J connectivity index is 1.56. The normalized spacial score (nSPS) is 16.9. The lowest BCUT2D eigenvalue weighted by atomic mass is 9.91. The number of aromatic amines is 1. The molecule has 0 radical (unpaired) electrons. The van der Waals surface area contributed by atoms with Crippen molar-refractivity contribution in [3.63, 3.8) is 0 Å². The Morgan fingerprint density at radius 3 is 2.67 bits per heavy atom. The van der Waals surface area contributed by atoms with Crippen LogP contribution in [0, 0.1) is 0 Å². The highest BCUT2D eigenvalue weighted by Gasteiger charge is 2.23. The van der Waals surface area contributed by atoms with E-state index in [0.29, 0.717) is 11.8 Å². The molecule has 27 heavy (non-hydrogen) atoms. The van der Waals surface area contributed by atoms with Gasteiger partial charge in [-0.1, -0.05) is 37.3 Å². The van der Waals surface area contributed by atoms with Crippen molar-refractivity contribution >= 4 is 11.0 Å². The van der Waals surface area contributed by atoms with Crippen molar-refractivity contribution in [1.82, 2.24) is 20.2 Å². The van der Waals surface area contributed by atoms with E-state index in [1.165, 1.54) is 35.0 Å². The summed E-state index contributed by atoms with van der Waals surface area (Å²) >= 11 is 0. The van der Waals surface area contributed by atoms with Crippen LogP contribution < -0.4 is 5.32 Å². The van der Waals surface area contributed by atoms with E-state index in [4.69, 9.17) is 0 Å². The Morgan fingerprint density at radius 2 is 1.89 bits per heavy atom. The Labute approximate surface area is 162 Å². The largest absolute Gasteiger partial charge is 0.343 e. The molecule has 0 saturated carbocycles. The monoisotopic (exact) mass is 362 g/mol. The van der Waals surface area contributed by atoms with Gasteiger partial charge in [-0.3, -0.25) is 0 Å². The highest BCUT2D eigenvalue weighted by molar-refractivity contribution is 5.81. The van der Waals surface area contributed by atoms with Crippen molar-refractivity contribution in [2.75, 3.05) is 26.7 Å². The quantitative estimate of drug-likeness (QED) is 0.688. The second-order valence-corrected chi connectivity index (χ2v) is 7.95. The highest BCUT2D eigenvalue weighted by Crippen LogP contribution is 2.32. The molecule has 3 heterocycles. The molecular formula is C23H30N4. The predicted octanol–water partition coefficient (Wildman–Crippen LogP) is 4.27. The molecule has 1 aliphatic heterocycles. The van der Waals surface area contributed by atoms with E-state index >= 15 is 0 Å². The summed E-state index contributed by atoms with van der Waals surface area (Å²) in [6.07, 6.45) is 4.28. The summed E-state index contributed by atoms with van der Waals surface area (Å²) in [5, 5.41) is 4.77. The zero-order chi connectivity index (χ0) is 18.6. The number of H-pyrrole nitrogens is 1. The van der Waals surface area contributed by atoms with Crippen LogP contribution in [0.2, 0.25) is 0 Å². The molecule has 142 valence electrons. The SMILES string of the molecule is CC(CN(C)Cc1c(C2CCNCC2)[nH]c2ncccc12)c1ccccc1. The Hall–Kier alpha value is -2.17. The molecule has 1 aromatic carbocycles. The fourth-order valence-corrected chi connectivity index (χ4v) is 4.41. The maximum Gasteiger partial charge on any atom is 0.137 e. The lowest BCUT2D eigenvalue weighted by molar-refractivity contribution is 0.308. The van der Waals surface area contributed by atoms with E-state index < -0.39 is 0 Å². The minimum Gasteiger partial charge on any atom is -0.343 e. The van der Waals surface area contributed by atoms with Gasteiger partial charge in [-0.2, -0.15) is 0 Å². The van der Waals surface area contributed by atoms with Crippen LogP contribution in [0.3, 0.4) is 0 Å². The first kappa shape index (κ1) is 18.2. The highest BCUT2D eigenvalue weighted by atomic mass is 15.1. The van der Waals surface area contributed by atoms with Crippen molar-refractivity contribution in [3.05, 3.63) is 65.5 Å². The Morgan fingerprint density at radius 1 is 1.11 bits per heavy atom. The molecule has 3 aromatic rings. The average Bonchev–Trinajstić information content (AvgIpc) is 3.08. The van der Waals surface area contributed by atoms with Crippen LogP contribution in [0.1, 0.15) is 48.4 Å². The minimum atomic E-state index is 0.516. The predicted molar refractivity (Wildman–Crippen MR) is 112 cm³/mol. The molecule has 4 heteroatoms. The van der Waals surface area contributed by atoms with Crippen LogP contribution in [0.5, 0.6) is 0 Å². The summed E-state index contributed by atoms with van der Waals surface area (Å²) in [6, 6.07) is 15.1. The van der Waals surface area contributed by atoms with Gasteiger partial charge in [0.25, 0.3) is 0 Å². The topological polar surface area (TPSA) is 44.0 Å². The van der Waals surface area contributed by atoms with Crippen LogP contribution in [0.15, 0.2) is 48.7 Å². The van der Waals surface area contributed by atoms with Crippen LogP contribution >= 0.6 is 0 Å². The standard InChI is InChI=1S/C23H30N4/c1-17(18-7-4-3-5-8-18)15-27(2)16-21-20-9-6-12-25-23(20)26-22(21)19-10-13-24-14-11-19/h3-9,12,17,19,24H,10-11,13-16H2,1-2H3,(H,25,26). The third-order valence-corrected chi connectivity index (χ3v) is 5.84. The number of fused-ring (bicyclic) bond motifs is 1. The maximum atomic E-state index is 4.58. The van der Waals surface area contributed by atoms with Gasteiger partial charge in [0, 0.05) is 36.3 Å². The molecule has 1 atom stereocenters. The first-order valence-corrected chi connectivity index (χ1v) is 10.1. The smallest absolute Gasteiger partial charge is 0.137 e. The van der Waals surface area contributed by atoms with Gasteiger partial charge in [-0.15, -0.1) is 0 Å². The van der Waals surface area contributed by atoms with Gasteiger partial charge in [-0.05, 0) is 62.2 Å². The molecule has 2 aromatic heterocycles. The zero-order valence-electron chi connectivity index (χ0n) is 16.4. The molecule has 4 rings (SSSR count). The molecular weight excluding hydrogens is 332 g/mol. The minimum absolute atomic E-state index is 0.516. The fraction of sp³-hybridized carbons (Fsp3) is 0.435. The molecule has 0 spiro atoms. The van der Waals surface area contributed by atoms with E-state index in [2.05, 4.69) is 76.6 Å². The number of hydrogen-bond donors (Lipinski definition) is 2. The van der Waals surface area contributed by atoms with Gasteiger partial charge in [0.2, 0.25) is 0 Å². The average molecular weight is 363 g/mol. The number of rotatable bonds is 6. The number of pyridine rings is 1. The Bertz CT molecular complexity index is 864. The van der Waals surface area contributed by atoms with Crippen LogP contribution in [-0.4, -0.2) is 41.5 Å². The number of nitrogens with zero attached hydrogens (tertiary/aromatic N) is 2. The summed E-state index contributed by atoms with van der Waals surface area (Å²) in [6.45, 7) is 6.53. The number of piperidine rings is 1. The van der Waals surface area contributed by atoms with Crippen LogP contribution in [0.4, 0.5) is 0 Å². The Kier molecular flexibility index (Phi) is 5.55. The van der Waals surface area contributed by atoms with Crippen LogP contribution in [-0.2, 0) is 6.54 Å². The lowest BCUT2D eigenvalue weighted by Crippen LogP contribution is -2.28. The van der Waals surface area contributed by atoms with E-state index in [9.17, 15) is 0 Å². The van der Waals surface area contributed by atoms with Gasteiger partial charge in [-0.25, -0.2) is 4.98 Å². The number of aromatic nitrogens is 2. The number of benzene rings is 1. The third kappa shape index (κ3) is 4.07. The first-order valence-electron chi connectivity index (χ1n) is 10.1. The lowest BCUT2D eigenvalue weighted by Gasteiger charge is -2.26. The molecule has 0 amide bonds. The van der Waals surface area contributed by atoms with Gasteiger partial charge >= 0.3 is 0 Å². The second-order valence-electron chi connectivity index (χ2n) is 7.95. The van der Waals surface area contributed by atoms with E-state index in [0.717, 1.165) is 31.8 Å². The molecule has 0 bridgehead atoms. The summed E-state index contributed by atoms with van der Waals surface area (Å²) in [7, 11) is 2.24. The molecule has 2 N–H and O–H groups in total. The second kappa shape index (κ2) is 8.24. The van der Waals surface area contributed by atoms with E-state index in [1.807, 2.05) is 6.20 Å². The maximum absolute atomic E-state index is 4.58. The summed E-state index contributed by atoms with van der Waals surface area (Å²) in [5.74, 6) is 1.12. The summed E-state index contributed by atoms with van der Waals surface area (Å²) in [4.78, 5) is 10.7. The first-order chi connectivity index (χ1) is 13.2. The van der Waals surface area contributed by atoms with Crippen molar-refractivity contribution in [1.29, 1.82) is 0 Å². The van der Waals surface area contributed by atoms with Gasteiger partial charge in [0.05, 0.1) is 0 Å². The van der Waals surface area contributed by atoms with E-state index in [1.54, 1.807) is 0 Å². The van der Waals surface area contributed by atoms with Gasteiger partial charge in [0.15, 0.2) is 0 Å². The number of hydrogen-bond acceptors (Lipinski definition) is 3. The molecule has 1 aliphatic rings. The fourth-order valence-electron chi connectivity index (χ4n) is 4.41. The number of nitrogens with one attached hydrogen (secondary N) is 2. The third-order valence-electron chi connectivity index (χ3n) is 5.84. The van der Waals surface area contributed by atoms with Crippen LogP contribution in [0.25, 0.3) is 11.0 Å². The van der Waals surface area contributed by atoms with Crippen molar-refractivity contribution in [2.45, 2.75) is 38.1 Å². The van der Waals surface area contributed by atoms with Crippen molar-refractivity contribution in [2.24, 2.45) is 0 Å². The zero-order valence-corrected chi connectivity index (χ0v) is 16.4. The van der Waals surface area contributed by atoms with E-state index in [-0.39, 0.29) is 0 Å². The molecule has 1 saturated heterocycles. The van der Waals surface area contributed by atoms with Gasteiger partial charge in [0.1, 0.15) is 5.65 Å². The summed E-state index contributed by atoms with van der Waals surface area (Å²) in [5.41, 5.74) is 5.28. The van der Waals surface area contributed by atoms with Crippen molar-refractivity contribution in [3.8, 4) is 0 Å². The molecule has 0 aliphatic carbocycles. The number of likely N-dealkylation sites (N-methyl/N-ethyl adjacent to an activating group) is 1.